The summed E-state index contributed by atoms with van der Waals surface area (Å²) in [6.45, 7) is 9.51. The number of esters is 1. The van der Waals surface area contributed by atoms with Crippen LogP contribution in [0.25, 0.3) is 0 Å². The van der Waals surface area contributed by atoms with Crippen LogP contribution < -0.4 is 0 Å². The Morgan fingerprint density at radius 2 is 2.08 bits per heavy atom. The zero-order chi connectivity index (χ0) is 10.3. The maximum atomic E-state index is 10.7. The van der Waals surface area contributed by atoms with Crippen molar-refractivity contribution in [3.05, 3.63) is 12.7 Å². The quantitative estimate of drug-likeness (QED) is 0.469. The zero-order valence-corrected chi connectivity index (χ0v) is 8.58. The van der Waals surface area contributed by atoms with Gasteiger partial charge in [-0.2, -0.15) is 0 Å². The molecule has 0 aliphatic carbocycles. The fourth-order valence-corrected chi connectivity index (χ4v) is 0.790. The predicted octanol–water partition coefficient (Wildman–Crippen LogP) is 1.92. The zero-order valence-electron chi connectivity index (χ0n) is 8.58. The van der Waals surface area contributed by atoms with Crippen molar-refractivity contribution in [2.24, 2.45) is 0 Å². The lowest BCUT2D eigenvalue weighted by Crippen LogP contribution is -2.22. The van der Waals surface area contributed by atoms with Gasteiger partial charge in [0, 0.05) is 6.08 Å². The molecule has 0 spiro atoms. The Hall–Kier alpha value is -0.830. The molecule has 0 heterocycles. The first-order chi connectivity index (χ1) is 6.10. The molecule has 2 atom stereocenters. The summed E-state index contributed by atoms with van der Waals surface area (Å²) >= 11 is 0. The first kappa shape index (κ1) is 12.2. The molecule has 0 saturated carbocycles. The van der Waals surface area contributed by atoms with Crippen LogP contribution >= 0.6 is 0 Å². The highest BCUT2D eigenvalue weighted by atomic mass is 16.6. The fraction of sp³-hybridized carbons (Fsp3) is 0.700. The fourth-order valence-electron chi connectivity index (χ4n) is 0.790. The second-order valence-corrected chi connectivity index (χ2v) is 3.00. The molecule has 3 heteroatoms. The van der Waals surface area contributed by atoms with E-state index in [1.807, 2.05) is 20.8 Å². The van der Waals surface area contributed by atoms with E-state index >= 15 is 0 Å². The van der Waals surface area contributed by atoms with Gasteiger partial charge in [0.1, 0.15) is 6.61 Å². The van der Waals surface area contributed by atoms with Crippen LogP contribution in [-0.4, -0.2) is 24.8 Å². The Morgan fingerprint density at radius 3 is 2.54 bits per heavy atom. The van der Waals surface area contributed by atoms with Crippen LogP contribution in [0, 0.1) is 0 Å². The van der Waals surface area contributed by atoms with Gasteiger partial charge in [0.2, 0.25) is 0 Å². The molecule has 0 aromatic rings. The number of ether oxygens (including phenoxy) is 2. The van der Waals surface area contributed by atoms with Crippen molar-refractivity contribution in [2.75, 3.05) is 6.61 Å². The number of hydrogen-bond donors (Lipinski definition) is 0. The average molecular weight is 186 g/mol. The van der Waals surface area contributed by atoms with Crippen molar-refractivity contribution >= 4 is 5.97 Å². The molecular formula is C10H18O3. The summed E-state index contributed by atoms with van der Waals surface area (Å²) in [6.07, 6.45) is 2.26. The van der Waals surface area contributed by atoms with Crippen LogP contribution in [0.3, 0.4) is 0 Å². The summed E-state index contributed by atoms with van der Waals surface area (Å²) < 4.78 is 10.3. The SMILES string of the molecule is C=CC(=O)OCC(C)OC(C)CC. The summed E-state index contributed by atoms with van der Waals surface area (Å²) in [6, 6.07) is 0. The summed E-state index contributed by atoms with van der Waals surface area (Å²) in [4.78, 5) is 10.7. The van der Waals surface area contributed by atoms with Crippen molar-refractivity contribution in [3.63, 3.8) is 0 Å². The van der Waals surface area contributed by atoms with Crippen molar-refractivity contribution in [1.82, 2.24) is 0 Å². The second-order valence-electron chi connectivity index (χ2n) is 3.00. The van der Waals surface area contributed by atoms with Crippen LogP contribution in [0.5, 0.6) is 0 Å². The third-order valence-electron chi connectivity index (χ3n) is 1.67. The smallest absolute Gasteiger partial charge is 0.330 e. The number of hydrogen-bond acceptors (Lipinski definition) is 3. The van der Waals surface area contributed by atoms with E-state index in [1.54, 1.807) is 0 Å². The summed E-state index contributed by atoms with van der Waals surface area (Å²) in [7, 11) is 0. The maximum absolute atomic E-state index is 10.7. The molecule has 0 aromatic heterocycles. The van der Waals surface area contributed by atoms with Crippen LogP contribution in [0.1, 0.15) is 27.2 Å². The van der Waals surface area contributed by atoms with Crippen LogP contribution in [0.4, 0.5) is 0 Å². The summed E-state index contributed by atoms with van der Waals surface area (Å²) in [5.74, 6) is -0.403. The van der Waals surface area contributed by atoms with E-state index in [9.17, 15) is 4.79 Å². The van der Waals surface area contributed by atoms with E-state index in [4.69, 9.17) is 9.47 Å². The number of rotatable bonds is 6. The normalized spacial score (nSPS) is 14.7. The van der Waals surface area contributed by atoms with Gasteiger partial charge in [0.05, 0.1) is 12.2 Å². The third-order valence-corrected chi connectivity index (χ3v) is 1.67. The van der Waals surface area contributed by atoms with Crippen LogP contribution in [0.15, 0.2) is 12.7 Å². The highest BCUT2D eigenvalue weighted by Gasteiger charge is 2.08. The van der Waals surface area contributed by atoms with Gasteiger partial charge < -0.3 is 9.47 Å². The van der Waals surface area contributed by atoms with Gasteiger partial charge in [-0.1, -0.05) is 13.5 Å². The molecule has 0 N–H and O–H groups in total. The van der Waals surface area contributed by atoms with Crippen molar-refractivity contribution in [2.45, 2.75) is 39.4 Å². The Kier molecular flexibility index (Phi) is 6.24. The van der Waals surface area contributed by atoms with E-state index in [2.05, 4.69) is 6.58 Å². The van der Waals surface area contributed by atoms with E-state index in [0.29, 0.717) is 0 Å². The van der Waals surface area contributed by atoms with Crippen molar-refractivity contribution < 1.29 is 14.3 Å². The van der Waals surface area contributed by atoms with Gasteiger partial charge in [0.25, 0.3) is 0 Å². The minimum atomic E-state index is -0.403. The highest BCUT2D eigenvalue weighted by molar-refractivity contribution is 5.81. The largest absolute Gasteiger partial charge is 0.460 e. The topological polar surface area (TPSA) is 35.5 Å². The molecule has 0 radical (unpaired) electrons. The van der Waals surface area contributed by atoms with Crippen LogP contribution in [0.2, 0.25) is 0 Å². The molecule has 0 aliphatic heterocycles. The summed E-state index contributed by atoms with van der Waals surface area (Å²) in [5.41, 5.74) is 0. The van der Waals surface area contributed by atoms with Gasteiger partial charge in [-0.15, -0.1) is 0 Å². The number of carbonyl (C=O) groups is 1. The Balaban J connectivity index is 3.56. The first-order valence-electron chi connectivity index (χ1n) is 4.54. The Bertz CT molecular complexity index is 166. The molecule has 2 unspecified atom stereocenters. The predicted molar refractivity (Wildman–Crippen MR) is 51.5 cm³/mol. The number of carbonyl (C=O) groups excluding carboxylic acids is 1. The second kappa shape index (κ2) is 6.66. The molecule has 13 heavy (non-hydrogen) atoms. The highest BCUT2D eigenvalue weighted by Crippen LogP contribution is 2.02. The van der Waals surface area contributed by atoms with Gasteiger partial charge in [-0.25, -0.2) is 4.79 Å². The lowest BCUT2D eigenvalue weighted by Gasteiger charge is -2.17. The Labute approximate surface area is 79.7 Å². The molecule has 0 aromatic carbocycles. The monoisotopic (exact) mass is 186 g/mol. The molecule has 0 aliphatic rings. The molecule has 76 valence electrons. The van der Waals surface area contributed by atoms with Gasteiger partial charge in [0.15, 0.2) is 0 Å². The molecular weight excluding hydrogens is 168 g/mol. The third kappa shape index (κ3) is 6.34. The van der Waals surface area contributed by atoms with E-state index in [1.165, 1.54) is 0 Å². The molecule has 0 amide bonds. The van der Waals surface area contributed by atoms with E-state index in [-0.39, 0.29) is 18.8 Å². The molecule has 0 fully saturated rings. The Morgan fingerprint density at radius 1 is 1.46 bits per heavy atom. The standard InChI is InChI=1S/C10H18O3/c1-5-8(3)13-9(4)7-12-10(11)6-2/h6,8-9H,2,5,7H2,1,3-4H3. The lowest BCUT2D eigenvalue weighted by atomic mass is 10.3. The molecule has 0 rings (SSSR count). The minimum absolute atomic E-state index is 0.0566. The maximum Gasteiger partial charge on any atom is 0.330 e. The molecule has 3 nitrogen and oxygen atoms in total. The van der Waals surface area contributed by atoms with Crippen LogP contribution in [-0.2, 0) is 14.3 Å². The van der Waals surface area contributed by atoms with Crippen molar-refractivity contribution in [3.8, 4) is 0 Å². The van der Waals surface area contributed by atoms with E-state index < -0.39 is 5.97 Å². The molecule has 0 saturated heterocycles. The van der Waals surface area contributed by atoms with Gasteiger partial charge in [-0.05, 0) is 20.3 Å². The van der Waals surface area contributed by atoms with Crippen molar-refractivity contribution in [1.29, 1.82) is 0 Å². The lowest BCUT2D eigenvalue weighted by molar-refractivity contribution is -0.142. The minimum Gasteiger partial charge on any atom is -0.460 e. The van der Waals surface area contributed by atoms with E-state index in [0.717, 1.165) is 12.5 Å². The van der Waals surface area contributed by atoms with Gasteiger partial charge >= 0.3 is 5.97 Å². The summed E-state index contributed by atoms with van der Waals surface area (Å²) in [5, 5.41) is 0. The average Bonchev–Trinajstić information content (AvgIpc) is 2.13. The van der Waals surface area contributed by atoms with Gasteiger partial charge in [-0.3, -0.25) is 0 Å². The first-order valence-corrected chi connectivity index (χ1v) is 4.54. The molecule has 0 bridgehead atoms.